The number of carbonyl (C=O) groups is 4. The largest absolute Gasteiger partial charge is 0.472 e. The summed E-state index contributed by atoms with van der Waals surface area (Å²) in [5, 5.41) is 10.6. The Morgan fingerprint density at radius 1 is 0.296 bits per heavy atom. The number of esters is 4. The molecule has 0 saturated heterocycles. The second kappa shape index (κ2) is 71.1. The van der Waals surface area contributed by atoms with Crippen LogP contribution in [0.25, 0.3) is 0 Å². The van der Waals surface area contributed by atoms with Gasteiger partial charge in [-0.25, -0.2) is 9.13 Å². The molecule has 19 heteroatoms. The van der Waals surface area contributed by atoms with Crippen LogP contribution in [0.4, 0.5) is 0 Å². The molecule has 0 rings (SSSR count). The van der Waals surface area contributed by atoms with E-state index in [0.29, 0.717) is 25.7 Å². The van der Waals surface area contributed by atoms with Crippen molar-refractivity contribution in [3.05, 3.63) is 109 Å². The minimum atomic E-state index is -4.98. The van der Waals surface area contributed by atoms with Gasteiger partial charge < -0.3 is 33.8 Å². The van der Waals surface area contributed by atoms with Crippen LogP contribution in [0.15, 0.2) is 109 Å². The zero-order valence-corrected chi connectivity index (χ0v) is 63.2. The van der Waals surface area contributed by atoms with Crippen molar-refractivity contribution in [2.24, 2.45) is 0 Å². The number of phosphoric acid groups is 2. The molecule has 0 spiro atoms. The van der Waals surface area contributed by atoms with E-state index in [4.69, 9.17) is 37.0 Å². The Morgan fingerprint density at radius 3 is 0.867 bits per heavy atom. The third-order valence-electron chi connectivity index (χ3n) is 15.7. The molecule has 0 heterocycles. The van der Waals surface area contributed by atoms with Crippen LogP contribution in [0.1, 0.15) is 310 Å². The zero-order chi connectivity index (χ0) is 71.8. The lowest BCUT2D eigenvalue weighted by Gasteiger charge is -2.21. The average Bonchev–Trinajstić information content (AvgIpc) is 1.03. The number of aliphatic hydroxyl groups excluding tert-OH is 1. The molecule has 5 atom stereocenters. The molecule has 0 aliphatic rings. The van der Waals surface area contributed by atoms with Gasteiger partial charge in [0.05, 0.1) is 26.4 Å². The van der Waals surface area contributed by atoms with E-state index in [-0.39, 0.29) is 25.7 Å². The predicted octanol–water partition coefficient (Wildman–Crippen LogP) is 21.8. The van der Waals surface area contributed by atoms with Crippen LogP contribution in [0.3, 0.4) is 0 Å². The molecule has 0 aromatic rings. The van der Waals surface area contributed by atoms with Gasteiger partial charge >= 0.3 is 39.5 Å². The number of carbonyl (C=O) groups excluding carboxylic acids is 4. The quantitative estimate of drug-likeness (QED) is 0.0169. The third-order valence-corrected chi connectivity index (χ3v) is 17.6. The maximum atomic E-state index is 13.1. The van der Waals surface area contributed by atoms with Crippen molar-refractivity contribution in [1.82, 2.24) is 0 Å². The van der Waals surface area contributed by atoms with E-state index in [1.807, 2.05) is 0 Å². The van der Waals surface area contributed by atoms with Gasteiger partial charge in [0.25, 0.3) is 0 Å². The molecule has 17 nitrogen and oxygen atoms in total. The number of hydrogen-bond donors (Lipinski definition) is 3. The standard InChI is InChI=1S/C79H136O17P2/c1-5-9-13-17-21-25-29-31-33-35-36-38-40-42-46-48-52-56-60-64-77(82)90-70-75(96-79(84)66-62-58-54-50-44-28-24-20-16-12-8-4)72-94-98(87,88)92-68-73(80)67-91-97(85,86)93-71-74(95-78(83)65-61-57-53-49-43-27-23-19-15-11-7-3)69-89-76(81)63-59-55-51-47-45-41-39-37-34-32-30-26-22-18-14-10-6-2/h9-10,13-14,19,21-23,25-26,31-34,36,38,42,46,73-75,80H,5-8,11-12,15-18,20,24,27-30,35,37,39-41,43-45,47-72H2,1-4H3,(H,85,86)(H,87,88)/b13-9-,14-10-,23-19-,25-21-,26-22-,33-31-,34-32-,38-36-,46-42-. The second-order valence-corrected chi connectivity index (χ2v) is 28.1. The molecule has 98 heavy (non-hydrogen) atoms. The molecule has 0 amide bonds. The number of unbranched alkanes of at least 4 members (excludes halogenated alkanes) is 27. The number of hydrogen-bond acceptors (Lipinski definition) is 15. The first-order chi connectivity index (χ1) is 47.7. The van der Waals surface area contributed by atoms with Gasteiger partial charge in [0, 0.05) is 25.7 Å². The minimum absolute atomic E-state index is 0.0814. The van der Waals surface area contributed by atoms with E-state index in [9.17, 15) is 43.2 Å². The smallest absolute Gasteiger partial charge is 0.462 e. The Bertz CT molecular complexity index is 2290. The van der Waals surface area contributed by atoms with E-state index in [1.54, 1.807) is 0 Å². The molecule has 0 aromatic heterocycles. The minimum Gasteiger partial charge on any atom is -0.462 e. The van der Waals surface area contributed by atoms with Crippen molar-refractivity contribution in [2.45, 2.75) is 329 Å². The molecule has 5 unspecified atom stereocenters. The third kappa shape index (κ3) is 70.2. The zero-order valence-electron chi connectivity index (χ0n) is 61.4. The van der Waals surface area contributed by atoms with Gasteiger partial charge in [-0.05, 0) is 122 Å². The maximum absolute atomic E-state index is 13.1. The van der Waals surface area contributed by atoms with Crippen LogP contribution in [0.5, 0.6) is 0 Å². The average molecular weight is 1420 g/mol. The fourth-order valence-corrected chi connectivity index (χ4v) is 11.5. The Labute approximate surface area is 594 Å². The van der Waals surface area contributed by atoms with E-state index in [2.05, 4.69) is 137 Å². The van der Waals surface area contributed by atoms with Gasteiger partial charge in [-0.15, -0.1) is 0 Å². The number of allylic oxidation sites excluding steroid dienone is 18. The first-order valence-electron chi connectivity index (χ1n) is 38.1. The Hall–Kier alpha value is -4.28. The van der Waals surface area contributed by atoms with E-state index >= 15 is 0 Å². The predicted molar refractivity (Wildman–Crippen MR) is 399 cm³/mol. The fraction of sp³-hybridized carbons (Fsp3) is 0.722. The number of rotatable bonds is 71. The molecule has 564 valence electrons. The van der Waals surface area contributed by atoms with Crippen molar-refractivity contribution in [1.29, 1.82) is 0 Å². The van der Waals surface area contributed by atoms with Crippen molar-refractivity contribution >= 4 is 39.5 Å². The summed E-state index contributed by atoms with van der Waals surface area (Å²) >= 11 is 0. The maximum Gasteiger partial charge on any atom is 0.472 e. The molecule has 0 aromatic carbocycles. The highest BCUT2D eigenvalue weighted by Gasteiger charge is 2.30. The molecule has 0 radical (unpaired) electrons. The molecular formula is C79H136O17P2. The highest BCUT2D eigenvalue weighted by Crippen LogP contribution is 2.45. The lowest BCUT2D eigenvalue weighted by molar-refractivity contribution is -0.161. The van der Waals surface area contributed by atoms with Crippen LogP contribution in [-0.2, 0) is 65.4 Å². The molecule has 3 N–H and O–H groups in total. The van der Waals surface area contributed by atoms with Gasteiger partial charge in [0.15, 0.2) is 12.2 Å². The monoisotopic (exact) mass is 1420 g/mol. The van der Waals surface area contributed by atoms with Crippen LogP contribution in [0, 0.1) is 0 Å². The normalized spacial score (nSPS) is 14.6. The first-order valence-corrected chi connectivity index (χ1v) is 41.1. The van der Waals surface area contributed by atoms with Gasteiger partial charge in [-0.2, -0.15) is 0 Å². The van der Waals surface area contributed by atoms with Gasteiger partial charge in [0.1, 0.15) is 19.3 Å². The number of phosphoric ester groups is 2. The summed E-state index contributed by atoms with van der Waals surface area (Å²) in [7, 11) is -9.95. The van der Waals surface area contributed by atoms with Crippen molar-refractivity contribution in [3.63, 3.8) is 0 Å². The molecule has 0 bridgehead atoms. The Balaban J connectivity index is 5.30. The first kappa shape index (κ1) is 93.7. The van der Waals surface area contributed by atoms with E-state index in [0.717, 1.165) is 180 Å². The number of aliphatic hydroxyl groups is 1. The summed E-state index contributed by atoms with van der Waals surface area (Å²) in [4.78, 5) is 72.8. The lowest BCUT2D eigenvalue weighted by atomic mass is 10.1. The van der Waals surface area contributed by atoms with Crippen LogP contribution < -0.4 is 0 Å². The van der Waals surface area contributed by atoms with Crippen LogP contribution in [0.2, 0.25) is 0 Å². The van der Waals surface area contributed by atoms with Crippen LogP contribution in [-0.4, -0.2) is 96.7 Å². The lowest BCUT2D eigenvalue weighted by Crippen LogP contribution is -2.30. The van der Waals surface area contributed by atoms with Gasteiger partial charge in [0.2, 0.25) is 0 Å². The second-order valence-electron chi connectivity index (χ2n) is 25.2. The summed E-state index contributed by atoms with van der Waals surface area (Å²) in [5.41, 5.74) is 0. The summed E-state index contributed by atoms with van der Waals surface area (Å²) in [6.45, 7) is 4.55. The van der Waals surface area contributed by atoms with Gasteiger partial charge in [-0.3, -0.25) is 37.3 Å². The summed E-state index contributed by atoms with van der Waals surface area (Å²) in [6.07, 6.45) is 75.2. The highest BCUT2D eigenvalue weighted by molar-refractivity contribution is 7.47. The molecule has 0 saturated carbocycles. The number of ether oxygens (including phenoxy) is 4. The van der Waals surface area contributed by atoms with Crippen molar-refractivity contribution in [3.8, 4) is 0 Å². The fourth-order valence-electron chi connectivity index (χ4n) is 9.95. The van der Waals surface area contributed by atoms with Crippen molar-refractivity contribution in [2.75, 3.05) is 39.6 Å². The van der Waals surface area contributed by atoms with E-state index < -0.39 is 97.5 Å². The summed E-state index contributed by atoms with van der Waals surface area (Å²) < 4.78 is 68.4. The summed E-state index contributed by atoms with van der Waals surface area (Å²) in [5.74, 6) is -2.22. The summed E-state index contributed by atoms with van der Waals surface area (Å²) in [6, 6.07) is 0. The van der Waals surface area contributed by atoms with Crippen LogP contribution >= 0.6 is 15.6 Å². The topological polar surface area (TPSA) is 237 Å². The van der Waals surface area contributed by atoms with Crippen molar-refractivity contribution < 1.29 is 80.2 Å². The van der Waals surface area contributed by atoms with Gasteiger partial charge in [-0.1, -0.05) is 272 Å². The molecule has 0 aliphatic carbocycles. The SMILES string of the molecule is CC/C=C\C/C=C\C/C=C\C/C=C\C/C=C\CCCCCC(=O)OCC(COP(=O)(O)OCC(O)COP(=O)(O)OCC(COC(=O)CCCCCCCCC/C=C\C/C=C\C/C=C\CC)OC(=O)CCCCCCC/C=C\CCCC)OC(=O)CCCCCCCCCCCCC. The molecular weight excluding hydrogens is 1280 g/mol. The highest BCUT2D eigenvalue weighted by atomic mass is 31.2. The molecule has 0 fully saturated rings. The molecule has 0 aliphatic heterocycles. The Kier molecular flexibility index (Phi) is 68.0. The van der Waals surface area contributed by atoms with E-state index in [1.165, 1.54) is 51.4 Å². The Morgan fingerprint density at radius 2 is 0.541 bits per heavy atom.